The van der Waals surface area contributed by atoms with Gasteiger partial charge in [0.2, 0.25) is 6.29 Å². The molecule has 0 radical (unpaired) electrons. The summed E-state index contributed by atoms with van der Waals surface area (Å²) in [6.07, 6.45) is -2.30. The van der Waals surface area contributed by atoms with Gasteiger partial charge in [0.15, 0.2) is 0 Å². The van der Waals surface area contributed by atoms with Gasteiger partial charge in [-0.1, -0.05) is 0 Å². The molecule has 7 heteroatoms. The van der Waals surface area contributed by atoms with Crippen molar-refractivity contribution in [3.05, 3.63) is 0 Å². The van der Waals surface area contributed by atoms with Gasteiger partial charge in [-0.15, -0.1) is 0 Å². The van der Waals surface area contributed by atoms with E-state index in [-0.39, 0.29) is 19.1 Å². The third-order valence-corrected chi connectivity index (χ3v) is 1.30. The monoisotopic (exact) mass is 266 g/mol. The fourth-order valence-corrected chi connectivity index (χ4v) is 0.785. The van der Waals surface area contributed by atoms with Crippen LogP contribution in [0.3, 0.4) is 0 Å². The summed E-state index contributed by atoms with van der Waals surface area (Å²) in [6.45, 7) is 3.01. The average molecular weight is 266 g/mol. The summed E-state index contributed by atoms with van der Waals surface area (Å²) in [6, 6.07) is 0. The van der Waals surface area contributed by atoms with Crippen molar-refractivity contribution in [1.29, 1.82) is 0 Å². The van der Waals surface area contributed by atoms with E-state index in [1.54, 1.807) is 28.1 Å². The number of hydrogen-bond acceptors (Lipinski definition) is 7. The number of ether oxygens (including phenoxy) is 3. The Kier molecular flexibility index (Phi) is 13.1. The minimum Gasteiger partial charge on any atom is -0.463 e. The number of methoxy groups -OCH3 is 1. The quantitative estimate of drug-likeness (QED) is 0.391. The zero-order valence-corrected chi connectivity index (χ0v) is 11.2. The van der Waals surface area contributed by atoms with Crippen LogP contribution in [0, 0.1) is 0 Å². The largest absolute Gasteiger partial charge is 0.463 e. The van der Waals surface area contributed by atoms with E-state index in [4.69, 9.17) is 14.9 Å². The van der Waals surface area contributed by atoms with E-state index in [9.17, 15) is 9.59 Å². The Morgan fingerprint density at radius 3 is 1.94 bits per heavy atom. The molecule has 0 aromatic rings. The van der Waals surface area contributed by atoms with Gasteiger partial charge in [-0.2, -0.15) is 0 Å². The predicted octanol–water partition coefficient (Wildman–Crippen LogP) is -0.165. The van der Waals surface area contributed by atoms with Gasteiger partial charge in [-0.3, -0.25) is 9.59 Å². The second-order valence-electron chi connectivity index (χ2n) is 3.58. The van der Waals surface area contributed by atoms with Crippen molar-refractivity contribution in [2.24, 2.45) is 0 Å². The fourth-order valence-electron chi connectivity index (χ4n) is 0.785. The summed E-state index contributed by atoms with van der Waals surface area (Å²) in [5.74, 6) is -1.58. The molecule has 1 atom stereocenters. The van der Waals surface area contributed by atoms with Gasteiger partial charge in [0, 0.05) is 27.2 Å². The molecule has 2 N–H and O–H groups in total. The molecule has 0 aliphatic rings. The van der Waals surface area contributed by atoms with Gasteiger partial charge in [0.05, 0.1) is 6.10 Å². The highest BCUT2D eigenvalue weighted by Crippen LogP contribution is 1.99. The zero-order valence-electron chi connectivity index (χ0n) is 11.2. The molecule has 0 aliphatic heterocycles. The Morgan fingerprint density at radius 1 is 1.11 bits per heavy atom. The van der Waals surface area contributed by atoms with Crippen LogP contribution in [0.5, 0.6) is 0 Å². The Balaban J connectivity index is 0. The lowest BCUT2D eigenvalue weighted by Crippen LogP contribution is -2.22. The molecule has 0 amide bonds. The number of carbonyl (C=O) groups is 2. The third kappa shape index (κ3) is 14.8. The second kappa shape index (κ2) is 12.3. The molecule has 0 fully saturated rings. The summed E-state index contributed by atoms with van der Waals surface area (Å²) in [5, 5.41) is 17.4. The minimum atomic E-state index is -1.38. The highest BCUT2D eigenvalue weighted by molar-refractivity contribution is 5.91. The molecule has 0 aromatic heterocycles. The lowest BCUT2D eigenvalue weighted by atomic mass is 10.4. The van der Waals surface area contributed by atoms with Crippen molar-refractivity contribution < 1.29 is 34.0 Å². The molecule has 0 saturated heterocycles. The van der Waals surface area contributed by atoms with E-state index in [2.05, 4.69) is 9.47 Å². The first-order valence-electron chi connectivity index (χ1n) is 5.45. The van der Waals surface area contributed by atoms with Crippen LogP contribution in [0.2, 0.25) is 0 Å². The molecule has 7 nitrogen and oxygen atoms in total. The number of hydrogen-bond donors (Lipinski definition) is 2. The Bertz CT molecular complexity index is 227. The van der Waals surface area contributed by atoms with Crippen LogP contribution in [0.1, 0.15) is 26.7 Å². The molecule has 0 heterocycles. The summed E-state index contributed by atoms with van der Waals surface area (Å²) >= 11 is 0. The van der Waals surface area contributed by atoms with E-state index in [0.717, 1.165) is 0 Å². The highest BCUT2D eigenvalue weighted by atomic mass is 16.6. The van der Waals surface area contributed by atoms with Gasteiger partial charge in [-0.25, -0.2) is 0 Å². The molecule has 0 aromatic carbocycles. The summed E-state index contributed by atoms with van der Waals surface area (Å²) in [5.41, 5.74) is 0. The number of rotatable bonds is 6. The lowest BCUT2D eigenvalue weighted by Gasteiger charge is -2.11. The van der Waals surface area contributed by atoms with Crippen LogP contribution < -0.4 is 0 Å². The molecule has 1 unspecified atom stereocenters. The van der Waals surface area contributed by atoms with Crippen LogP contribution in [0.15, 0.2) is 0 Å². The van der Waals surface area contributed by atoms with E-state index >= 15 is 0 Å². The van der Waals surface area contributed by atoms with Crippen molar-refractivity contribution in [1.82, 2.24) is 0 Å². The Labute approximate surface area is 107 Å². The molecule has 0 bridgehead atoms. The average Bonchev–Trinajstić information content (AvgIpc) is 2.16. The Morgan fingerprint density at radius 2 is 1.56 bits per heavy atom. The Hall–Kier alpha value is -1.18. The fraction of sp³-hybridized carbons (Fsp3) is 0.818. The third-order valence-electron chi connectivity index (χ3n) is 1.30. The summed E-state index contributed by atoms with van der Waals surface area (Å²) in [7, 11) is 3.25. The molecule has 0 aliphatic carbocycles. The second-order valence-corrected chi connectivity index (χ2v) is 3.58. The first kappa shape index (κ1) is 19.2. The van der Waals surface area contributed by atoms with Crippen molar-refractivity contribution in [3.63, 3.8) is 0 Å². The minimum absolute atomic E-state index is 0.0784. The van der Waals surface area contributed by atoms with E-state index in [0.29, 0.717) is 0 Å². The topological polar surface area (TPSA) is 102 Å². The normalized spacial score (nSPS) is 11.3. The summed E-state index contributed by atoms with van der Waals surface area (Å²) < 4.78 is 13.3. The molecule has 108 valence electrons. The standard InChI is InChI=1S/C9H16O6.C2H6O/c1-6(2)14-8(12)5-9(13)15-7(11)3-4-10;1-3-2/h6-7,10-11H,3-5H2,1-2H3;1-2H3. The van der Waals surface area contributed by atoms with E-state index in [1.807, 2.05) is 0 Å². The number of carbonyl (C=O) groups excluding carboxylic acids is 2. The lowest BCUT2D eigenvalue weighted by molar-refractivity contribution is -0.173. The maximum Gasteiger partial charge on any atom is 0.319 e. The SMILES string of the molecule is CC(C)OC(=O)CC(=O)OC(O)CCO.COC. The zero-order chi connectivity index (χ0) is 14.6. The van der Waals surface area contributed by atoms with Crippen molar-refractivity contribution in [2.45, 2.75) is 39.1 Å². The first-order valence-corrected chi connectivity index (χ1v) is 5.45. The summed E-state index contributed by atoms with van der Waals surface area (Å²) in [4.78, 5) is 21.9. The highest BCUT2D eigenvalue weighted by Gasteiger charge is 2.16. The number of aliphatic hydroxyl groups is 2. The smallest absolute Gasteiger partial charge is 0.319 e. The van der Waals surface area contributed by atoms with Crippen LogP contribution in [-0.4, -0.2) is 55.4 Å². The van der Waals surface area contributed by atoms with E-state index in [1.165, 1.54) is 0 Å². The first-order chi connectivity index (χ1) is 8.37. The van der Waals surface area contributed by atoms with Crippen molar-refractivity contribution in [3.8, 4) is 0 Å². The molecule has 0 spiro atoms. The van der Waals surface area contributed by atoms with Gasteiger partial charge < -0.3 is 24.4 Å². The predicted molar refractivity (Wildman–Crippen MR) is 62.6 cm³/mol. The van der Waals surface area contributed by atoms with Crippen molar-refractivity contribution >= 4 is 11.9 Å². The van der Waals surface area contributed by atoms with Crippen LogP contribution >= 0.6 is 0 Å². The van der Waals surface area contributed by atoms with Gasteiger partial charge >= 0.3 is 11.9 Å². The molecule has 18 heavy (non-hydrogen) atoms. The molecule has 0 rings (SSSR count). The molecular formula is C11H22O7. The molecule has 0 saturated carbocycles. The van der Waals surface area contributed by atoms with E-state index < -0.39 is 24.6 Å². The maximum absolute atomic E-state index is 11.0. The number of aliphatic hydroxyl groups excluding tert-OH is 2. The van der Waals surface area contributed by atoms with Crippen molar-refractivity contribution in [2.75, 3.05) is 20.8 Å². The maximum atomic E-state index is 11.0. The van der Waals surface area contributed by atoms with Crippen LogP contribution in [-0.2, 0) is 23.8 Å². The van der Waals surface area contributed by atoms with Crippen LogP contribution in [0.25, 0.3) is 0 Å². The molecular weight excluding hydrogens is 244 g/mol. The van der Waals surface area contributed by atoms with Gasteiger partial charge in [0.25, 0.3) is 0 Å². The van der Waals surface area contributed by atoms with Gasteiger partial charge in [0.1, 0.15) is 6.42 Å². The van der Waals surface area contributed by atoms with Gasteiger partial charge in [-0.05, 0) is 13.8 Å². The van der Waals surface area contributed by atoms with Crippen LogP contribution in [0.4, 0.5) is 0 Å². The number of esters is 2.